The van der Waals surface area contributed by atoms with Crippen LogP contribution in [0.25, 0.3) is 0 Å². The number of allylic oxidation sites excluding steroid dienone is 1. The van der Waals surface area contributed by atoms with Gasteiger partial charge in [-0.25, -0.2) is 0 Å². The minimum absolute atomic E-state index is 0.427. The van der Waals surface area contributed by atoms with E-state index in [4.69, 9.17) is 21.4 Å². The Bertz CT molecular complexity index is 401. The van der Waals surface area contributed by atoms with Gasteiger partial charge in [-0.15, -0.1) is 0 Å². The summed E-state index contributed by atoms with van der Waals surface area (Å²) in [6.45, 7) is 0. The molecule has 1 N–H and O–H groups in total. The quantitative estimate of drug-likeness (QED) is 0.849. The average Bonchev–Trinajstić information content (AvgIpc) is 2.34. The Morgan fingerprint density at radius 1 is 1.59 bits per heavy atom. The molecule has 1 atom stereocenters. The van der Waals surface area contributed by atoms with Gasteiger partial charge in [-0.1, -0.05) is 29.8 Å². The van der Waals surface area contributed by atoms with Gasteiger partial charge in [0.2, 0.25) is 0 Å². The molecule has 0 saturated heterocycles. The molecule has 0 saturated carbocycles. The summed E-state index contributed by atoms with van der Waals surface area (Å²) in [6.07, 6.45) is 2.55. The van der Waals surface area contributed by atoms with Crippen molar-refractivity contribution in [2.75, 3.05) is 7.11 Å². The second kappa shape index (κ2) is 6.97. The number of ether oxygens (including phenoxy) is 1. The third-order valence-electron chi connectivity index (χ3n) is 2.48. The Morgan fingerprint density at radius 3 is 2.94 bits per heavy atom. The Balaban J connectivity index is 2.74. The predicted octanol–water partition coefficient (Wildman–Crippen LogP) is 3.08. The Labute approximate surface area is 106 Å². The maximum absolute atomic E-state index is 11.1. The van der Waals surface area contributed by atoms with Crippen LogP contribution < -0.4 is 4.74 Å². The molecule has 0 aliphatic rings. The van der Waals surface area contributed by atoms with Gasteiger partial charge in [0.25, 0.3) is 0 Å². The lowest BCUT2D eigenvalue weighted by molar-refractivity contribution is -0.141. The molecule has 1 aromatic rings. The van der Waals surface area contributed by atoms with E-state index in [9.17, 15) is 4.79 Å². The van der Waals surface area contributed by atoms with Crippen LogP contribution in [0.3, 0.4) is 0 Å². The Morgan fingerprint density at radius 2 is 2.35 bits per heavy atom. The van der Waals surface area contributed by atoms with Crippen LogP contribution in [-0.2, 0) is 11.2 Å². The first-order valence-electron chi connectivity index (χ1n) is 5.28. The molecule has 0 radical (unpaired) electrons. The number of carboxylic acid groups (broad SMARTS) is 1. The molecule has 1 unspecified atom stereocenters. The highest BCUT2D eigenvalue weighted by Crippen LogP contribution is 2.18. The van der Waals surface area contributed by atoms with Crippen LogP contribution in [-0.4, -0.2) is 18.2 Å². The van der Waals surface area contributed by atoms with Crippen LogP contribution in [0, 0.1) is 5.92 Å². The number of carbonyl (C=O) groups is 1. The molecule has 0 spiro atoms. The zero-order valence-corrected chi connectivity index (χ0v) is 10.4. The first kappa shape index (κ1) is 13.6. The van der Waals surface area contributed by atoms with E-state index in [1.807, 2.05) is 24.3 Å². The van der Waals surface area contributed by atoms with E-state index in [1.165, 1.54) is 5.54 Å². The van der Waals surface area contributed by atoms with Crippen molar-refractivity contribution >= 4 is 17.6 Å². The van der Waals surface area contributed by atoms with Crippen molar-refractivity contribution in [1.29, 1.82) is 0 Å². The van der Waals surface area contributed by atoms with Gasteiger partial charge in [0.15, 0.2) is 0 Å². The Hall–Kier alpha value is -1.48. The second-order valence-electron chi connectivity index (χ2n) is 3.69. The predicted molar refractivity (Wildman–Crippen MR) is 67.4 cm³/mol. The van der Waals surface area contributed by atoms with Crippen molar-refractivity contribution in [2.24, 2.45) is 5.92 Å². The monoisotopic (exact) mass is 254 g/mol. The molecule has 0 bridgehead atoms. The van der Waals surface area contributed by atoms with Crippen molar-refractivity contribution in [3.05, 3.63) is 41.4 Å². The third kappa shape index (κ3) is 4.49. The molecule has 0 heterocycles. The van der Waals surface area contributed by atoms with Crippen LogP contribution in [0.2, 0.25) is 0 Å². The topological polar surface area (TPSA) is 46.5 Å². The summed E-state index contributed by atoms with van der Waals surface area (Å²) in [6, 6.07) is 7.42. The van der Waals surface area contributed by atoms with Crippen LogP contribution in [0.15, 0.2) is 35.9 Å². The fraction of sp³-hybridized carbons (Fsp3) is 0.308. The molecule has 0 amide bonds. The summed E-state index contributed by atoms with van der Waals surface area (Å²) in [4.78, 5) is 11.1. The Kier molecular flexibility index (Phi) is 5.57. The number of halogens is 1. The van der Waals surface area contributed by atoms with E-state index in [0.29, 0.717) is 12.8 Å². The minimum atomic E-state index is -0.817. The molecule has 4 heteroatoms. The number of methoxy groups -OCH3 is 1. The number of hydrogen-bond donors (Lipinski definition) is 1. The molecule has 17 heavy (non-hydrogen) atoms. The van der Waals surface area contributed by atoms with Crippen LogP contribution in [0.4, 0.5) is 0 Å². The zero-order chi connectivity index (χ0) is 12.7. The second-order valence-corrected chi connectivity index (χ2v) is 3.94. The summed E-state index contributed by atoms with van der Waals surface area (Å²) in [5.74, 6) is -0.542. The van der Waals surface area contributed by atoms with E-state index in [1.54, 1.807) is 13.2 Å². The summed E-state index contributed by atoms with van der Waals surface area (Å²) in [5, 5.41) is 9.08. The van der Waals surface area contributed by atoms with Crippen molar-refractivity contribution in [2.45, 2.75) is 12.8 Å². The zero-order valence-electron chi connectivity index (χ0n) is 9.60. The highest BCUT2D eigenvalue weighted by atomic mass is 35.5. The number of benzene rings is 1. The largest absolute Gasteiger partial charge is 0.497 e. The molecule has 3 nitrogen and oxygen atoms in total. The highest BCUT2D eigenvalue weighted by molar-refractivity contribution is 6.25. The minimum Gasteiger partial charge on any atom is -0.497 e. The van der Waals surface area contributed by atoms with E-state index in [2.05, 4.69) is 0 Å². The van der Waals surface area contributed by atoms with Gasteiger partial charge in [-0.05, 0) is 30.5 Å². The third-order valence-corrected chi connectivity index (χ3v) is 2.65. The molecule has 92 valence electrons. The van der Waals surface area contributed by atoms with Gasteiger partial charge in [-0.3, -0.25) is 4.79 Å². The first-order chi connectivity index (χ1) is 8.17. The fourth-order valence-corrected chi connectivity index (χ4v) is 1.67. The van der Waals surface area contributed by atoms with Crippen LogP contribution >= 0.6 is 11.6 Å². The van der Waals surface area contributed by atoms with Crippen LogP contribution in [0.1, 0.15) is 12.0 Å². The maximum atomic E-state index is 11.1. The maximum Gasteiger partial charge on any atom is 0.307 e. The van der Waals surface area contributed by atoms with E-state index in [-0.39, 0.29) is 0 Å². The van der Waals surface area contributed by atoms with E-state index in [0.717, 1.165) is 11.3 Å². The summed E-state index contributed by atoms with van der Waals surface area (Å²) in [5.41, 5.74) is 2.29. The molecule has 1 aromatic carbocycles. The SMILES string of the molecule is COc1cccc(CC(C/C=C/Cl)C(=O)O)c1. The lowest BCUT2D eigenvalue weighted by Crippen LogP contribution is -2.15. The molecule has 0 aromatic heterocycles. The standard InChI is InChI=1S/C13H15ClO3/c1-17-12-6-2-4-10(9-12)8-11(13(15)16)5-3-7-14/h2-4,6-7,9,11H,5,8H2,1H3,(H,15,16)/b7-3+. The van der Waals surface area contributed by atoms with Gasteiger partial charge in [0.05, 0.1) is 13.0 Å². The first-order valence-corrected chi connectivity index (χ1v) is 5.72. The molecule has 0 fully saturated rings. The summed E-state index contributed by atoms with van der Waals surface area (Å²) >= 11 is 5.41. The van der Waals surface area contributed by atoms with E-state index < -0.39 is 11.9 Å². The number of rotatable bonds is 6. The van der Waals surface area contributed by atoms with Crippen molar-refractivity contribution < 1.29 is 14.6 Å². The lowest BCUT2D eigenvalue weighted by Gasteiger charge is -2.10. The van der Waals surface area contributed by atoms with Gasteiger partial charge in [-0.2, -0.15) is 0 Å². The normalized spacial score (nSPS) is 12.6. The smallest absolute Gasteiger partial charge is 0.307 e. The molecular weight excluding hydrogens is 240 g/mol. The highest BCUT2D eigenvalue weighted by Gasteiger charge is 2.16. The van der Waals surface area contributed by atoms with E-state index >= 15 is 0 Å². The molecular formula is C13H15ClO3. The van der Waals surface area contributed by atoms with Crippen molar-refractivity contribution in [1.82, 2.24) is 0 Å². The number of carboxylic acids is 1. The fourth-order valence-electron chi connectivity index (χ4n) is 1.57. The van der Waals surface area contributed by atoms with Gasteiger partial charge >= 0.3 is 5.97 Å². The van der Waals surface area contributed by atoms with Gasteiger partial charge in [0.1, 0.15) is 5.75 Å². The van der Waals surface area contributed by atoms with Crippen molar-refractivity contribution in [3.63, 3.8) is 0 Å². The number of hydrogen-bond acceptors (Lipinski definition) is 2. The number of aliphatic carboxylic acids is 1. The van der Waals surface area contributed by atoms with Gasteiger partial charge in [0, 0.05) is 5.54 Å². The average molecular weight is 255 g/mol. The summed E-state index contributed by atoms with van der Waals surface area (Å²) < 4.78 is 5.10. The molecule has 1 rings (SSSR count). The van der Waals surface area contributed by atoms with Crippen LogP contribution in [0.5, 0.6) is 5.75 Å². The van der Waals surface area contributed by atoms with Crippen molar-refractivity contribution in [3.8, 4) is 5.75 Å². The lowest BCUT2D eigenvalue weighted by atomic mass is 9.96. The van der Waals surface area contributed by atoms with Gasteiger partial charge < -0.3 is 9.84 Å². The molecule has 0 aliphatic carbocycles. The summed E-state index contributed by atoms with van der Waals surface area (Å²) in [7, 11) is 1.59. The molecule has 0 aliphatic heterocycles.